The second-order valence-corrected chi connectivity index (χ2v) is 5.07. The Morgan fingerprint density at radius 3 is 2.58 bits per heavy atom. The first-order chi connectivity index (χ1) is 9.02. The molecule has 0 unspecified atom stereocenters. The Morgan fingerprint density at radius 2 is 2.05 bits per heavy atom. The van der Waals surface area contributed by atoms with Crippen molar-refractivity contribution >= 4 is 17.4 Å². The van der Waals surface area contributed by atoms with Gasteiger partial charge in [-0.25, -0.2) is 0 Å². The summed E-state index contributed by atoms with van der Waals surface area (Å²) in [5, 5.41) is 25.0. The summed E-state index contributed by atoms with van der Waals surface area (Å²) in [5.41, 5.74) is 1.63. The van der Waals surface area contributed by atoms with Gasteiger partial charge in [0.1, 0.15) is 5.03 Å². The smallest absolute Gasteiger partial charge is 0.269 e. The Hall–Kier alpha value is -1.86. The molecule has 0 amide bonds. The predicted molar refractivity (Wildman–Crippen MR) is 71.1 cm³/mol. The lowest BCUT2D eigenvalue weighted by molar-refractivity contribution is -0.384. The minimum absolute atomic E-state index is 0.0629. The Labute approximate surface area is 114 Å². The number of rotatable bonds is 4. The van der Waals surface area contributed by atoms with Crippen molar-refractivity contribution in [3.63, 3.8) is 0 Å². The summed E-state index contributed by atoms with van der Waals surface area (Å²) >= 11 is 1.42. The summed E-state index contributed by atoms with van der Waals surface area (Å²) in [7, 11) is 1.81. The largest absolute Gasteiger partial charge is 0.392 e. The van der Waals surface area contributed by atoms with Gasteiger partial charge in [-0.15, -0.1) is 0 Å². The van der Waals surface area contributed by atoms with Crippen LogP contribution in [-0.2, 0) is 13.7 Å². The van der Waals surface area contributed by atoms with Gasteiger partial charge in [-0.05, 0) is 19.1 Å². The maximum Gasteiger partial charge on any atom is 0.269 e. The number of aromatic nitrogens is 2. The fourth-order valence-electron chi connectivity index (χ4n) is 1.74. The summed E-state index contributed by atoms with van der Waals surface area (Å²) in [6.45, 7) is 1.76. The van der Waals surface area contributed by atoms with E-state index in [4.69, 9.17) is 0 Å². The van der Waals surface area contributed by atoms with Crippen LogP contribution in [0.15, 0.2) is 34.2 Å². The molecule has 1 aromatic heterocycles. The molecule has 0 radical (unpaired) electrons. The first-order valence-electron chi connectivity index (χ1n) is 5.58. The third-order valence-corrected chi connectivity index (χ3v) is 3.92. The van der Waals surface area contributed by atoms with E-state index < -0.39 is 4.92 Å². The fraction of sp³-hybridized carbons (Fsp3) is 0.250. The molecule has 19 heavy (non-hydrogen) atoms. The Balaban J connectivity index is 2.28. The number of benzene rings is 1. The maximum atomic E-state index is 10.6. The van der Waals surface area contributed by atoms with Gasteiger partial charge in [0.05, 0.1) is 17.2 Å². The van der Waals surface area contributed by atoms with Crippen molar-refractivity contribution in [1.29, 1.82) is 0 Å². The van der Waals surface area contributed by atoms with Crippen LogP contribution in [0.2, 0.25) is 0 Å². The first-order valence-corrected chi connectivity index (χ1v) is 6.40. The van der Waals surface area contributed by atoms with Crippen molar-refractivity contribution in [2.24, 2.45) is 7.05 Å². The van der Waals surface area contributed by atoms with Crippen molar-refractivity contribution in [2.75, 3.05) is 0 Å². The summed E-state index contributed by atoms with van der Waals surface area (Å²) < 4.78 is 1.70. The third kappa shape index (κ3) is 2.77. The molecule has 0 bridgehead atoms. The molecule has 1 aromatic carbocycles. The van der Waals surface area contributed by atoms with Gasteiger partial charge in [0.25, 0.3) is 5.69 Å². The average Bonchev–Trinajstić information content (AvgIpc) is 2.64. The van der Waals surface area contributed by atoms with E-state index in [1.165, 1.54) is 23.9 Å². The molecule has 0 saturated carbocycles. The van der Waals surface area contributed by atoms with E-state index >= 15 is 0 Å². The molecule has 0 aliphatic heterocycles. The van der Waals surface area contributed by atoms with Crippen LogP contribution in [0.5, 0.6) is 0 Å². The average molecular weight is 279 g/mol. The van der Waals surface area contributed by atoms with Crippen LogP contribution in [0.3, 0.4) is 0 Å². The van der Waals surface area contributed by atoms with Crippen LogP contribution in [0.25, 0.3) is 0 Å². The molecule has 0 spiro atoms. The summed E-state index contributed by atoms with van der Waals surface area (Å²) in [5.74, 6) is 0. The highest BCUT2D eigenvalue weighted by atomic mass is 32.2. The van der Waals surface area contributed by atoms with Gasteiger partial charge in [-0.2, -0.15) is 5.10 Å². The topological polar surface area (TPSA) is 81.2 Å². The zero-order valence-corrected chi connectivity index (χ0v) is 11.3. The van der Waals surface area contributed by atoms with Gasteiger partial charge in [0.2, 0.25) is 0 Å². The van der Waals surface area contributed by atoms with E-state index in [0.717, 1.165) is 21.2 Å². The lowest BCUT2D eigenvalue weighted by Gasteiger charge is -2.04. The Bertz CT molecular complexity index is 607. The monoisotopic (exact) mass is 279 g/mol. The summed E-state index contributed by atoms with van der Waals surface area (Å²) in [6, 6.07) is 6.30. The van der Waals surface area contributed by atoms with Crippen molar-refractivity contribution in [3.05, 3.63) is 45.6 Å². The standard InChI is InChI=1S/C12H13N3O3S/c1-8-11(7-16)12(14(2)13-8)19-10-5-3-9(4-6-10)15(17)18/h3-6,16H,7H2,1-2H3. The molecule has 0 fully saturated rings. The van der Waals surface area contributed by atoms with Crippen molar-refractivity contribution < 1.29 is 10.0 Å². The normalized spacial score (nSPS) is 10.7. The number of nitro benzene ring substituents is 1. The van der Waals surface area contributed by atoms with Crippen molar-refractivity contribution in [3.8, 4) is 0 Å². The molecular formula is C12H13N3O3S. The number of nitro groups is 1. The van der Waals surface area contributed by atoms with Gasteiger partial charge >= 0.3 is 0 Å². The summed E-state index contributed by atoms with van der Waals surface area (Å²) in [4.78, 5) is 11.0. The van der Waals surface area contributed by atoms with E-state index in [1.807, 2.05) is 6.92 Å². The van der Waals surface area contributed by atoms with Crippen LogP contribution in [-0.4, -0.2) is 19.8 Å². The van der Waals surface area contributed by atoms with Crippen LogP contribution in [0.1, 0.15) is 11.3 Å². The SMILES string of the molecule is Cc1nn(C)c(Sc2ccc([N+](=O)[O-])cc2)c1CO. The molecule has 1 heterocycles. The van der Waals surface area contributed by atoms with E-state index in [1.54, 1.807) is 23.9 Å². The lowest BCUT2D eigenvalue weighted by atomic mass is 10.3. The highest BCUT2D eigenvalue weighted by Gasteiger charge is 2.14. The van der Waals surface area contributed by atoms with Gasteiger partial charge < -0.3 is 5.11 Å². The molecule has 0 saturated heterocycles. The second-order valence-electron chi connectivity index (χ2n) is 4.00. The number of hydrogen-bond donors (Lipinski definition) is 1. The van der Waals surface area contributed by atoms with Crippen molar-refractivity contribution in [2.45, 2.75) is 23.5 Å². The first kappa shape index (κ1) is 13.6. The van der Waals surface area contributed by atoms with Crippen LogP contribution >= 0.6 is 11.8 Å². The molecule has 0 aliphatic carbocycles. The molecule has 6 nitrogen and oxygen atoms in total. The van der Waals surface area contributed by atoms with E-state index in [0.29, 0.717) is 0 Å². The quantitative estimate of drug-likeness (QED) is 0.686. The molecule has 100 valence electrons. The number of aliphatic hydroxyl groups is 1. The fourth-order valence-corrected chi connectivity index (χ4v) is 2.74. The predicted octanol–water partition coefficient (Wildman–Crippen LogP) is 2.28. The number of non-ortho nitro benzene ring substituents is 1. The van der Waals surface area contributed by atoms with Crippen LogP contribution in [0, 0.1) is 17.0 Å². The molecule has 0 atom stereocenters. The Morgan fingerprint density at radius 1 is 1.42 bits per heavy atom. The molecular weight excluding hydrogens is 266 g/mol. The van der Waals surface area contributed by atoms with Gasteiger partial charge in [-0.1, -0.05) is 11.8 Å². The minimum atomic E-state index is -0.429. The third-order valence-electron chi connectivity index (χ3n) is 2.71. The zero-order valence-electron chi connectivity index (χ0n) is 10.5. The van der Waals surface area contributed by atoms with E-state index in [9.17, 15) is 15.2 Å². The number of hydrogen-bond acceptors (Lipinski definition) is 5. The second kappa shape index (κ2) is 5.41. The van der Waals surface area contributed by atoms with Gasteiger partial charge in [0, 0.05) is 29.6 Å². The number of aryl methyl sites for hydroxylation is 2. The molecule has 2 rings (SSSR count). The van der Waals surface area contributed by atoms with Crippen LogP contribution < -0.4 is 0 Å². The van der Waals surface area contributed by atoms with Gasteiger partial charge in [0.15, 0.2) is 0 Å². The number of aliphatic hydroxyl groups excluding tert-OH is 1. The molecule has 7 heteroatoms. The van der Waals surface area contributed by atoms with Gasteiger partial charge in [-0.3, -0.25) is 14.8 Å². The lowest BCUT2D eigenvalue weighted by Crippen LogP contribution is -1.94. The van der Waals surface area contributed by atoms with Crippen molar-refractivity contribution in [1.82, 2.24) is 9.78 Å². The Kier molecular flexibility index (Phi) is 3.87. The van der Waals surface area contributed by atoms with Crippen LogP contribution in [0.4, 0.5) is 5.69 Å². The minimum Gasteiger partial charge on any atom is -0.392 e. The highest BCUT2D eigenvalue weighted by Crippen LogP contribution is 2.32. The van der Waals surface area contributed by atoms with E-state index in [2.05, 4.69) is 5.10 Å². The highest BCUT2D eigenvalue weighted by molar-refractivity contribution is 7.99. The van der Waals surface area contributed by atoms with E-state index in [-0.39, 0.29) is 12.3 Å². The molecule has 0 aliphatic rings. The summed E-state index contributed by atoms with van der Waals surface area (Å²) in [6.07, 6.45) is 0. The maximum absolute atomic E-state index is 10.6. The molecule has 1 N–H and O–H groups in total. The zero-order chi connectivity index (χ0) is 14.0. The number of nitrogens with zero attached hydrogens (tertiary/aromatic N) is 3. The molecule has 2 aromatic rings.